The van der Waals surface area contributed by atoms with Crippen molar-refractivity contribution in [2.24, 2.45) is 0 Å². The molecule has 142 valence electrons. The average Bonchev–Trinajstić information content (AvgIpc) is 3.17. The van der Waals surface area contributed by atoms with Crippen molar-refractivity contribution in [3.8, 4) is 0 Å². The fraction of sp³-hybridized carbons (Fsp3) is 0.529. The third-order valence-corrected chi connectivity index (χ3v) is 5.03. The van der Waals surface area contributed by atoms with Crippen LogP contribution >= 0.6 is 11.3 Å². The smallest absolute Gasteiger partial charge is 0.325 e. The minimum absolute atomic E-state index is 0.302. The van der Waals surface area contributed by atoms with Crippen LogP contribution in [0.4, 0.5) is 9.59 Å². The number of carbonyl (C=O) groups excluding carboxylic acids is 4. The number of carbonyl (C=O) groups is 4. The molecule has 1 aromatic rings. The van der Waals surface area contributed by atoms with Gasteiger partial charge in [-0.05, 0) is 24.3 Å². The lowest BCUT2D eigenvalue weighted by Crippen LogP contribution is -2.48. The summed E-state index contributed by atoms with van der Waals surface area (Å²) in [7, 11) is 0. The molecule has 2 rings (SSSR count). The van der Waals surface area contributed by atoms with Crippen molar-refractivity contribution in [2.75, 3.05) is 6.54 Å². The summed E-state index contributed by atoms with van der Waals surface area (Å²) in [6.07, 6.45) is 2.50. The number of imide groups is 2. The van der Waals surface area contributed by atoms with Gasteiger partial charge in [0.1, 0.15) is 12.1 Å². The molecular weight excluding hydrogens is 356 g/mol. The van der Waals surface area contributed by atoms with Crippen molar-refractivity contribution in [1.82, 2.24) is 20.9 Å². The Hall–Kier alpha value is -2.42. The van der Waals surface area contributed by atoms with Crippen LogP contribution in [0.15, 0.2) is 17.5 Å². The van der Waals surface area contributed by atoms with Gasteiger partial charge in [-0.2, -0.15) is 0 Å². The predicted octanol–water partition coefficient (Wildman–Crippen LogP) is 1.96. The normalized spacial score (nSPS) is 15.7. The second kappa shape index (κ2) is 8.79. The first kappa shape index (κ1) is 19.9. The SMILES string of the molecule is CCCC1(CCC)NC(=O)N(CC(=O)NC(=O)NCc2cccs2)C1=O. The van der Waals surface area contributed by atoms with Gasteiger partial charge in [0.15, 0.2) is 0 Å². The molecule has 0 spiro atoms. The van der Waals surface area contributed by atoms with Crippen LogP contribution in [-0.4, -0.2) is 40.9 Å². The first-order valence-corrected chi connectivity index (χ1v) is 9.54. The summed E-state index contributed by atoms with van der Waals surface area (Å²) in [5.41, 5.74) is -0.942. The van der Waals surface area contributed by atoms with Crippen molar-refractivity contribution in [2.45, 2.75) is 51.6 Å². The van der Waals surface area contributed by atoms with E-state index in [1.807, 2.05) is 31.4 Å². The van der Waals surface area contributed by atoms with Crippen LogP contribution in [0.5, 0.6) is 0 Å². The number of rotatable bonds is 8. The van der Waals surface area contributed by atoms with Gasteiger partial charge in [-0.15, -0.1) is 11.3 Å². The lowest BCUT2D eigenvalue weighted by molar-refractivity contribution is -0.135. The molecule has 0 aromatic carbocycles. The molecule has 1 aromatic heterocycles. The van der Waals surface area contributed by atoms with Crippen molar-refractivity contribution in [3.63, 3.8) is 0 Å². The minimum atomic E-state index is -0.942. The Labute approximate surface area is 156 Å². The van der Waals surface area contributed by atoms with Gasteiger partial charge in [0, 0.05) is 4.88 Å². The monoisotopic (exact) mass is 380 g/mol. The molecule has 0 bridgehead atoms. The van der Waals surface area contributed by atoms with Crippen LogP contribution in [0.3, 0.4) is 0 Å². The first-order valence-electron chi connectivity index (χ1n) is 8.66. The molecule has 1 aliphatic heterocycles. The van der Waals surface area contributed by atoms with E-state index in [1.54, 1.807) is 0 Å². The Bertz CT molecular complexity index is 668. The van der Waals surface area contributed by atoms with Gasteiger partial charge < -0.3 is 10.6 Å². The van der Waals surface area contributed by atoms with Gasteiger partial charge in [-0.3, -0.25) is 19.8 Å². The summed E-state index contributed by atoms with van der Waals surface area (Å²) in [5.74, 6) is -1.11. The van der Waals surface area contributed by atoms with Crippen LogP contribution in [0.2, 0.25) is 0 Å². The quantitative estimate of drug-likeness (QED) is 0.599. The van der Waals surface area contributed by atoms with Crippen LogP contribution in [0, 0.1) is 0 Å². The summed E-state index contributed by atoms with van der Waals surface area (Å²) < 4.78 is 0. The molecule has 1 saturated heterocycles. The average molecular weight is 380 g/mol. The van der Waals surface area contributed by atoms with E-state index in [4.69, 9.17) is 0 Å². The van der Waals surface area contributed by atoms with Gasteiger partial charge in [-0.25, -0.2) is 9.59 Å². The van der Waals surface area contributed by atoms with Crippen molar-refractivity contribution < 1.29 is 19.2 Å². The Morgan fingerprint density at radius 2 is 1.92 bits per heavy atom. The zero-order chi connectivity index (χ0) is 19.2. The first-order chi connectivity index (χ1) is 12.4. The fourth-order valence-corrected chi connectivity index (χ4v) is 3.72. The topological polar surface area (TPSA) is 108 Å². The molecule has 9 heteroatoms. The second-order valence-electron chi connectivity index (χ2n) is 6.21. The maximum absolute atomic E-state index is 12.7. The minimum Gasteiger partial charge on any atom is -0.333 e. The van der Waals surface area contributed by atoms with E-state index in [9.17, 15) is 19.2 Å². The number of hydrogen-bond acceptors (Lipinski definition) is 5. The summed E-state index contributed by atoms with van der Waals surface area (Å²) >= 11 is 1.49. The van der Waals surface area contributed by atoms with Gasteiger partial charge in [0.2, 0.25) is 5.91 Å². The largest absolute Gasteiger partial charge is 0.333 e. The number of thiophene rings is 1. The van der Waals surface area contributed by atoms with E-state index in [0.717, 1.165) is 22.6 Å². The Kier molecular flexibility index (Phi) is 6.73. The molecule has 2 heterocycles. The molecule has 0 radical (unpaired) electrons. The second-order valence-corrected chi connectivity index (χ2v) is 7.25. The van der Waals surface area contributed by atoms with Gasteiger partial charge >= 0.3 is 12.1 Å². The molecule has 0 atom stereocenters. The Morgan fingerprint density at radius 1 is 1.23 bits per heavy atom. The maximum Gasteiger partial charge on any atom is 0.325 e. The van der Waals surface area contributed by atoms with E-state index in [1.165, 1.54) is 11.3 Å². The highest BCUT2D eigenvalue weighted by Gasteiger charge is 2.50. The third kappa shape index (κ3) is 4.60. The van der Waals surface area contributed by atoms with Gasteiger partial charge in [0.25, 0.3) is 5.91 Å². The lowest BCUT2D eigenvalue weighted by atomic mass is 9.88. The molecular formula is C17H24N4O4S. The summed E-state index contributed by atoms with van der Waals surface area (Å²) in [5, 5.41) is 9.31. The maximum atomic E-state index is 12.7. The fourth-order valence-electron chi connectivity index (χ4n) is 3.07. The Morgan fingerprint density at radius 3 is 2.50 bits per heavy atom. The predicted molar refractivity (Wildman–Crippen MR) is 97.5 cm³/mol. The molecule has 0 unspecified atom stereocenters. The number of hydrogen-bond donors (Lipinski definition) is 3. The standard InChI is InChI=1S/C17H24N4O4S/c1-3-7-17(8-4-2)14(23)21(16(25)20-17)11-13(22)19-15(24)18-10-12-6-5-9-26-12/h5-6,9H,3-4,7-8,10-11H2,1-2H3,(H,20,25)(H2,18,19,22,24). The molecule has 0 aliphatic carbocycles. The molecule has 1 aliphatic rings. The van der Waals surface area contributed by atoms with Gasteiger partial charge in [-0.1, -0.05) is 32.8 Å². The summed E-state index contributed by atoms with van der Waals surface area (Å²) in [4.78, 5) is 50.5. The molecule has 6 amide bonds. The van der Waals surface area contributed by atoms with E-state index >= 15 is 0 Å². The highest BCUT2D eigenvalue weighted by molar-refractivity contribution is 7.09. The highest BCUT2D eigenvalue weighted by Crippen LogP contribution is 2.27. The van der Waals surface area contributed by atoms with Crippen molar-refractivity contribution in [3.05, 3.63) is 22.4 Å². The summed E-state index contributed by atoms with van der Waals surface area (Å²) in [6, 6.07) is 2.47. The molecule has 0 saturated carbocycles. The lowest BCUT2D eigenvalue weighted by Gasteiger charge is -2.25. The third-order valence-electron chi connectivity index (χ3n) is 4.16. The molecule has 8 nitrogen and oxygen atoms in total. The van der Waals surface area contributed by atoms with Crippen LogP contribution in [0.1, 0.15) is 44.4 Å². The number of nitrogens with zero attached hydrogens (tertiary/aromatic N) is 1. The van der Waals surface area contributed by atoms with E-state index in [-0.39, 0.29) is 0 Å². The van der Waals surface area contributed by atoms with E-state index < -0.39 is 36.0 Å². The van der Waals surface area contributed by atoms with Gasteiger partial charge in [0.05, 0.1) is 6.54 Å². The van der Waals surface area contributed by atoms with E-state index in [2.05, 4.69) is 16.0 Å². The Balaban J connectivity index is 1.90. The van der Waals surface area contributed by atoms with Crippen LogP contribution < -0.4 is 16.0 Å². The highest BCUT2D eigenvalue weighted by atomic mass is 32.1. The van der Waals surface area contributed by atoms with Crippen LogP contribution in [-0.2, 0) is 16.1 Å². The zero-order valence-electron chi connectivity index (χ0n) is 15.0. The van der Waals surface area contributed by atoms with E-state index in [0.29, 0.717) is 19.4 Å². The molecule has 26 heavy (non-hydrogen) atoms. The zero-order valence-corrected chi connectivity index (χ0v) is 15.8. The van der Waals surface area contributed by atoms with Crippen molar-refractivity contribution in [1.29, 1.82) is 0 Å². The summed E-state index contributed by atoms with van der Waals surface area (Å²) in [6.45, 7) is 3.69. The number of urea groups is 2. The molecule has 1 fully saturated rings. The molecule has 3 N–H and O–H groups in total. The van der Waals surface area contributed by atoms with Crippen molar-refractivity contribution >= 4 is 35.2 Å². The van der Waals surface area contributed by atoms with Crippen LogP contribution in [0.25, 0.3) is 0 Å². The number of nitrogens with one attached hydrogen (secondary N) is 3. The number of amides is 6.